The topological polar surface area (TPSA) is 38.2 Å². The first kappa shape index (κ1) is 13.1. The van der Waals surface area contributed by atoms with Crippen LogP contribution >= 0.6 is 22.9 Å². The maximum Gasteiger partial charge on any atom is 0.228 e. The first-order valence-electron chi connectivity index (χ1n) is 6.56. The second-order valence-corrected chi connectivity index (χ2v) is 6.07. The monoisotopic (exact) mass is 297 g/mol. The second kappa shape index (κ2) is 5.61. The molecule has 4 nitrogen and oxygen atoms in total. The summed E-state index contributed by atoms with van der Waals surface area (Å²) in [6.45, 7) is 5.29. The maximum absolute atomic E-state index is 6.29. The molecule has 2 aromatic rings. The summed E-state index contributed by atoms with van der Waals surface area (Å²) >= 11 is 8.01. The number of ether oxygens (including phenoxy) is 1. The van der Waals surface area contributed by atoms with Gasteiger partial charge in [0.1, 0.15) is 9.98 Å². The summed E-state index contributed by atoms with van der Waals surface area (Å²) in [5.74, 6) is 0.727. The number of aryl methyl sites for hydroxylation is 1. The van der Waals surface area contributed by atoms with E-state index >= 15 is 0 Å². The molecule has 0 amide bonds. The third-order valence-electron chi connectivity index (χ3n) is 3.18. The van der Waals surface area contributed by atoms with Crippen molar-refractivity contribution in [2.75, 3.05) is 31.2 Å². The molecule has 1 saturated heterocycles. The number of nitrogens with zero attached hydrogens (tertiary/aromatic N) is 3. The number of hydrogen-bond donors (Lipinski definition) is 0. The van der Waals surface area contributed by atoms with Crippen LogP contribution in [0.5, 0.6) is 0 Å². The van der Waals surface area contributed by atoms with Crippen molar-refractivity contribution in [1.29, 1.82) is 0 Å². The molecular formula is C13H16ClN3OS. The summed E-state index contributed by atoms with van der Waals surface area (Å²) < 4.78 is 5.35. The van der Waals surface area contributed by atoms with Crippen molar-refractivity contribution in [2.45, 2.75) is 19.8 Å². The number of halogens is 1. The van der Waals surface area contributed by atoms with Gasteiger partial charge >= 0.3 is 0 Å². The van der Waals surface area contributed by atoms with E-state index in [0.717, 1.165) is 55.3 Å². The lowest BCUT2D eigenvalue weighted by Crippen LogP contribution is -2.37. The highest BCUT2D eigenvalue weighted by Crippen LogP contribution is 2.31. The molecule has 0 N–H and O–H groups in total. The molecule has 1 fully saturated rings. The Morgan fingerprint density at radius 1 is 1.37 bits per heavy atom. The SMILES string of the molecule is CCCc1cc2c(Cl)nc(N3CCOCC3)nc2s1. The normalized spacial score (nSPS) is 16.2. The third kappa shape index (κ3) is 2.68. The van der Waals surface area contributed by atoms with Crippen LogP contribution < -0.4 is 4.90 Å². The smallest absolute Gasteiger partial charge is 0.228 e. The molecule has 0 atom stereocenters. The van der Waals surface area contributed by atoms with E-state index in [9.17, 15) is 0 Å². The molecule has 102 valence electrons. The minimum absolute atomic E-state index is 0.560. The molecule has 3 rings (SSSR count). The Morgan fingerprint density at radius 2 is 2.16 bits per heavy atom. The van der Waals surface area contributed by atoms with Crippen molar-refractivity contribution in [2.24, 2.45) is 0 Å². The summed E-state index contributed by atoms with van der Waals surface area (Å²) in [6, 6.07) is 2.12. The predicted octanol–water partition coefficient (Wildman–Crippen LogP) is 3.13. The molecule has 19 heavy (non-hydrogen) atoms. The third-order valence-corrected chi connectivity index (χ3v) is 4.55. The first-order chi connectivity index (χ1) is 9.28. The highest BCUT2D eigenvalue weighted by molar-refractivity contribution is 7.18. The van der Waals surface area contributed by atoms with E-state index in [4.69, 9.17) is 16.3 Å². The summed E-state index contributed by atoms with van der Waals surface area (Å²) in [5.41, 5.74) is 0. The van der Waals surface area contributed by atoms with Crippen LogP contribution in [0.4, 0.5) is 5.95 Å². The van der Waals surface area contributed by atoms with E-state index in [1.807, 2.05) is 0 Å². The number of aromatic nitrogens is 2. The van der Waals surface area contributed by atoms with Gasteiger partial charge in [0.05, 0.1) is 13.2 Å². The average molecular weight is 298 g/mol. The predicted molar refractivity (Wildman–Crippen MR) is 79.5 cm³/mol. The summed E-state index contributed by atoms with van der Waals surface area (Å²) in [5, 5.41) is 1.54. The molecule has 3 heterocycles. The Hall–Kier alpha value is -0.910. The standard InChI is InChI=1S/C13H16ClN3OS/c1-2-3-9-8-10-11(14)15-13(16-12(10)19-9)17-4-6-18-7-5-17/h8H,2-7H2,1H3. The van der Waals surface area contributed by atoms with Crippen LogP contribution in [0.1, 0.15) is 18.2 Å². The number of hydrogen-bond acceptors (Lipinski definition) is 5. The minimum Gasteiger partial charge on any atom is -0.378 e. The van der Waals surface area contributed by atoms with Crippen LogP contribution in [0.2, 0.25) is 5.15 Å². The molecule has 1 aliphatic rings. The van der Waals surface area contributed by atoms with E-state index < -0.39 is 0 Å². The van der Waals surface area contributed by atoms with E-state index in [0.29, 0.717) is 5.15 Å². The minimum atomic E-state index is 0.560. The summed E-state index contributed by atoms with van der Waals surface area (Å²) in [7, 11) is 0. The van der Waals surface area contributed by atoms with Gasteiger partial charge in [0.15, 0.2) is 0 Å². The molecule has 6 heteroatoms. The molecule has 1 aliphatic heterocycles. The summed E-state index contributed by atoms with van der Waals surface area (Å²) in [4.78, 5) is 13.5. The van der Waals surface area contributed by atoms with Crippen LogP contribution in [0.25, 0.3) is 10.2 Å². The van der Waals surface area contributed by atoms with Gasteiger partial charge in [0.25, 0.3) is 0 Å². The molecular weight excluding hydrogens is 282 g/mol. The number of anilines is 1. The number of rotatable bonds is 3. The second-order valence-electron chi connectivity index (χ2n) is 4.60. The van der Waals surface area contributed by atoms with Crippen molar-refractivity contribution in [3.8, 4) is 0 Å². The van der Waals surface area contributed by atoms with Gasteiger partial charge in [-0.25, -0.2) is 9.97 Å². The fourth-order valence-corrected chi connectivity index (χ4v) is 3.60. The molecule has 0 bridgehead atoms. The highest BCUT2D eigenvalue weighted by atomic mass is 35.5. The van der Waals surface area contributed by atoms with E-state index in [-0.39, 0.29) is 0 Å². The molecule has 2 aromatic heterocycles. The quantitative estimate of drug-likeness (QED) is 0.816. The fourth-order valence-electron chi connectivity index (χ4n) is 2.20. The fraction of sp³-hybridized carbons (Fsp3) is 0.538. The van der Waals surface area contributed by atoms with Crippen molar-refractivity contribution < 1.29 is 4.74 Å². The van der Waals surface area contributed by atoms with Crippen LogP contribution in [0.3, 0.4) is 0 Å². The van der Waals surface area contributed by atoms with E-state index in [1.54, 1.807) is 11.3 Å². The average Bonchev–Trinajstić information content (AvgIpc) is 2.83. The number of thiophene rings is 1. The lowest BCUT2D eigenvalue weighted by molar-refractivity contribution is 0.122. The lowest BCUT2D eigenvalue weighted by atomic mass is 10.2. The lowest BCUT2D eigenvalue weighted by Gasteiger charge is -2.26. The Bertz CT molecular complexity index is 581. The van der Waals surface area contributed by atoms with Crippen molar-refractivity contribution >= 4 is 39.1 Å². The van der Waals surface area contributed by atoms with Gasteiger partial charge in [-0.1, -0.05) is 24.9 Å². The number of fused-ring (bicyclic) bond motifs is 1. The van der Waals surface area contributed by atoms with Crippen molar-refractivity contribution in [3.63, 3.8) is 0 Å². The Labute approximate surface area is 121 Å². The van der Waals surface area contributed by atoms with E-state index in [1.165, 1.54) is 4.88 Å². The van der Waals surface area contributed by atoms with Gasteiger partial charge < -0.3 is 9.64 Å². The zero-order valence-corrected chi connectivity index (χ0v) is 12.4. The zero-order chi connectivity index (χ0) is 13.2. The van der Waals surface area contributed by atoms with Gasteiger partial charge in [-0.3, -0.25) is 0 Å². The van der Waals surface area contributed by atoms with Gasteiger partial charge in [-0.15, -0.1) is 11.3 Å². The van der Waals surface area contributed by atoms with Crippen LogP contribution in [-0.4, -0.2) is 36.3 Å². The van der Waals surface area contributed by atoms with Crippen molar-refractivity contribution in [3.05, 3.63) is 16.1 Å². The molecule has 0 aromatic carbocycles. The Kier molecular flexibility index (Phi) is 3.86. The highest BCUT2D eigenvalue weighted by Gasteiger charge is 2.17. The number of morpholine rings is 1. The van der Waals surface area contributed by atoms with Gasteiger partial charge in [0, 0.05) is 23.4 Å². The molecule has 0 unspecified atom stereocenters. The van der Waals surface area contributed by atoms with Crippen LogP contribution in [0, 0.1) is 0 Å². The van der Waals surface area contributed by atoms with E-state index in [2.05, 4.69) is 27.9 Å². The largest absolute Gasteiger partial charge is 0.378 e. The van der Waals surface area contributed by atoms with Gasteiger partial charge in [0.2, 0.25) is 5.95 Å². The molecule has 0 spiro atoms. The molecule has 0 saturated carbocycles. The molecule has 0 aliphatic carbocycles. The zero-order valence-electron chi connectivity index (χ0n) is 10.9. The van der Waals surface area contributed by atoms with Crippen LogP contribution in [-0.2, 0) is 11.2 Å². The molecule has 0 radical (unpaired) electrons. The maximum atomic E-state index is 6.29. The van der Waals surface area contributed by atoms with Gasteiger partial charge in [-0.2, -0.15) is 0 Å². The van der Waals surface area contributed by atoms with Crippen LogP contribution in [0.15, 0.2) is 6.07 Å². The summed E-state index contributed by atoms with van der Waals surface area (Å²) in [6.07, 6.45) is 2.21. The van der Waals surface area contributed by atoms with Gasteiger partial charge in [-0.05, 0) is 12.5 Å². The Morgan fingerprint density at radius 3 is 2.89 bits per heavy atom. The first-order valence-corrected chi connectivity index (χ1v) is 7.76. The van der Waals surface area contributed by atoms with Crippen molar-refractivity contribution in [1.82, 2.24) is 9.97 Å². The Balaban J connectivity index is 1.97.